The van der Waals surface area contributed by atoms with E-state index in [0.29, 0.717) is 29.3 Å². The van der Waals surface area contributed by atoms with Crippen molar-refractivity contribution in [2.45, 2.75) is 57.0 Å². The molecule has 1 heterocycles. The second-order valence-corrected chi connectivity index (χ2v) is 5.38. The molecule has 0 atom stereocenters. The Balaban J connectivity index is 1.88. The summed E-state index contributed by atoms with van der Waals surface area (Å²) in [5.41, 5.74) is 6.60. The van der Waals surface area contributed by atoms with Crippen molar-refractivity contribution in [2.75, 3.05) is 11.1 Å². The summed E-state index contributed by atoms with van der Waals surface area (Å²) in [4.78, 5) is 0. The Morgan fingerprint density at radius 3 is 2.56 bits per heavy atom. The van der Waals surface area contributed by atoms with Crippen molar-refractivity contribution in [1.29, 1.82) is 5.26 Å². The van der Waals surface area contributed by atoms with Crippen LogP contribution in [0.3, 0.4) is 0 Å². The maximum atomic E-state index is 9.22. The molecule has 0 radical (unpaired) electrons. The molecule has 5 heteroatoms. The SMILES string of the molecule is N#Cc1c(NC2CC2)nn(C2CCCCC2)c1N. The van der Waals surface area contributed by atoms with Crippen LogP contribution >= 0.6 is 0 Å². The Kier molecular flexibility index (Phi) is 2.86. The van der Waals surface area contributed by atoms with Crippen LogP contribution in [0.5, 0.6) is 0 Å². The summed E-state index contributed by atoms with van der Waals surface area (Å²) in [6, 6.07) is 3.05. The number of nitrogens with one attached hydrogen (secondary N) is 1. The van der Waals surface area contributed by atoms with Crippen LogP contribution in [0.25, 0.3) is 0 Å². The van der Waals surface area contributed by atoms with Gasteiger partial charge in [-0.1, -0.05) is 19.3 Å². The lowest BCUT2D eigenvalue weighted by molar-refractivity contribution is 0.333. The largest absolute Gasteiger partial charge is 0.383 e. The zero-order chi connectivity index (χ0) is 12.5. The first-order valence-corrected chi connectivity index (χ1v) is 6.84. The molecule has 0 bridgehead atoms. The molecule has 18 heavy (non-hydrogen) atoms. The zero-order valence-corrected chi connectivity index (χ0v) is 10.5. The van der Waals surface area contributed by atoms with Gasteiger partial charge in [0.2, 0.25) is 0 Å². The van der Waals surface area contributed by atoms with E-state index in [1.165, 1.54) is 32.1 Å². The van der Waals surface area contributed by atoms with Gasteiger partial charge in [-0.15, -0.1) is 0 Å². The van der Waals surface area contributed by atoms with Gasteiger partial charge in [0.25, 0.3) is 0 Å². The highest BCUT2D eigenvalue weighted by Crippen LogP contribution is 2.34. The first-order chi connectivity index (χ1) is 8.79. The van der Waals surface area contributed by atoms with Crippen LogP contribution in [-0.4, -0.2) is 15.8 Å². The molecule has 0 amide bonds. The third-order valence-corrected chi connectivity index (χ3v) is 3.90. The van der Waals surface area contributed by atoms with E-state index in [0.717, 1.165) is 12.8 Å². The molecule has 0 aliphatic heterocycles. The molecule has 2 aliphatic carbocycles. The average Bonchev–Trinajstić information content (AvgIpc) is 3.15. The molecule has 3 rings (SSSR count). The number of nitriles is 1. The summed E-state index contributed by atoms with van der Waals surface area (Å²) in [5.74, 6) is 1.22. The normalized spacial score (nSPS) is 20.6. The summed E-state index contributed by atoms with van der Waals surface area (Å²) in [6.45, 7) is 0. The van der Waals surface area contributed by atoms with Crippen LogP contribution in [0.15, 0.2) is 0 Å². The van der Waals surface area contributed by atoms with E-state index >= 15 is 0 Å². The van der Waals surface area contributed by atoms with Gasteiger partial charge in [-0.2, -0.15) is 10.4 Å². The second kappa shape index (κ2) is 4.52. The molecule has 96 valence electrons. The van der Waals surface area contributed by atoms with Crippen LogP contribution in [0.4, 0.5) is 11.6 Å². The molecule has 2 aliphatic rings. The standard InChI is InChI=1S/C13H19N5/c14-8-11-12(15)18(10-4-2-1-3-5-10)17-13(11)16-9-6-7-9/h9-10H,1-7,15H2,(H,16,17). The minimum atomic E-state index is 0.376. The molecule has 0 spiro atoms. The first kappa shape index (κ1) is 11.4. The van der Waals surface area contributed by atoms with Gasteiger partial charge in [-0.25, -0.2) is 4.68 Å². The summed E-state index contributed by atoms with van der Waals surface area (Å²) >= 11 is 0. The topological polar surface area (TPSA) is 79.7 Å². The molecule has 5 nitrogen and oxygen atoms in total. The number of rotatable bonds is 3. The number of nitrogen functional groups attached to an aromatic ring is 1. The lowest BCUT2D eigenvalue weighted by Crippen LogP contribution is -2.16. The highest BCUT2D eigenvalue weighted by molar-refractivity contribution is 5.64. The fourth-order valence-corrected chi connectivity index (χ4v) is 2.68. The van der Waals surface area contributed by atoms with Crippen molar-refractivity contribution >= 4 is 11.6 Å². The van der Waals surface area contributed by atoms with Crippen LogP contribution in [0, 0.1) is 11.3 Å². The van der Waals surface area contributed by atoms with Crippen molar-refractivity contribution < 1.29 is 0 Å². The fraction of sp³-hybridized carbons (Fsp3) is 0.692. The molecular formula is C13H19N5. The van der Waals surface area contributed by atoms with E-state index in [1.807, 2.05) is 4.68 Å². The molecule has 1 aromatic heterocycles. The molecular weight excluding hydrogens is 226 g/mol. The quantitative estimate of drug-likeness (QED) is 0.857. The predicted octanol–water partition coefficient (Wildman–Crippen LogP) is 2.42. The Hall–Kier alpha value is -1.70. The van der Waals surface area contributed by atoms with Gasteiger partial charge < -0.3 is 11.1 Å². The van der Waals surface area contributed by atoms with E-state index in [4.69, 9.17) is 5.73 Å². The van der Waals surface area contributed by atoms with Crippen molar-refractivity contribution in [3.8, 4) is 6.07 Å². The number of hydrogen-bond acceptors (Lipinski definition) is 4. The van der Waals surface area contributed by atoms with Crippen LogP contribution in [0.1, 0.15) is 56.6 Å². The highest BCUT2D eigenvalue weighted by Gasteiger charge is 2.27. The molecule has 2 fully saturated rings. The van der Waals surface area contributed by atoms with Gasteiger partial charge >= 0.3 is 0 Å². The van der Waals surface area contributed by atoms with Gasteiger partial charge in [0.1, 0.15) is 17.5 Å². The van der Waals surface area contributed by atoms with Crippen molar-refractivity contribution in [3.05, 3.63) is 5.56 Å². The van der Waals surface area contributed by atoms with Gasteiger partial charge in [-0.05, 0) is 25.7 Å². The van der Waals surface area contributed by atoms with Gasteiger partial charge in [-0.3, -0.25) is 0 Å². The fourth-order valence-electron chi connectivity index (χ4n) is 2.68. The summed E-state index contributed by atoms with van der Waals surface area (Å²) < 4.78 is 1.88. The predicted molar refractivity (Wildman–Crippen MR) is 70.1 cm³/mol. The van der Waals surface area contributed by atoms with Crippen LogP contribution in [-0.2, 0) is 0 Å². The second-order valence-electron chi connectivity index (χ2n) is 5.38. The first-order valence-electron chi connectivity index (χ1n) is 6.84. The van der Waals surface area contributed by atoms with Gasteiger partial charge in [0.15, 0.2) is 5.82 Å². The number of aromatic nitrogens is 2. The highest BCUT2D eigenvalue weighted by atomic mass is 15.4. The summed E-state index contributed by atoms with van der Waals surface area (Å²) in [6.07, 6.45) is 8.35. The summed E-state index contributed by atoms with van der Waals surface area (Å²) in [7, 11) is 0. The third-order valence-electron chi connectivity index (χ3n) is 3.90. The van der Waals surface area contributed by atoms with E-state index in [2.05, 4.69) is 16.5 Å². The Morgan fingerprint density at radius 2 is 1.94 bits per heavy atom. The number of hydrogen-bond donors (Lipinski definition) is 2. The Morgan fingerprint density at radius 1 is 1.22 bits per heavy atom. The average molecular weight is 245 g/mol. The Labute approximate surface area is 107 Å². The molecule has 0 saturated heterocycles. The lowest BCUT2D eigenvalue weighted by Gasteiger charge is -2.22. The smallest absolute Gasteiger partial charge is 0.168 e. The van der Waals surface area contributed by atoms with E-state index in [1.54, 1.807) is 0 Å². The minimum Gasteiger partial charge on any atom is -0.383 e. The van der Waals surface area contributed by atoms with Crippen molar-refractivity contribution in [2.24, 2.45) is 0 Å². The molecule has 2 saturated carbocycles. The summed E-state index contributed by atoms with van der Waals surface area (Å²) in [5, 5.41) is 17.1. The molecule has 3 N–H and O–H groups in total. The number of nitrogens with two attached hydrogens (primary N) is 1. The van der Waals surface area contributed by atoms with Gasteiger partial charge in [0, 0.05) is 6.04 Å². The van der Waals surface area contributed by atoms with Crippen LogP contribution < -0.4 is 11.1 Å². The molecule has 0 unspecified atom stereocenters. The van der Waals surface area contributed by atoms with E-state index < -0.39 is 0 Å². The number of anilines is 2. The van der Waals surface area contributed by atoms with E-state index in [-0.39, 0.29) is 0 Å². The zero-order valence-electron chi connectivity index (χ0n) is 10.5. The molecule has 1 aromatic rings. The maximum Gasteiger partial charge on any atom is 0.168 e. The third kappa shape index (κ3) is 2.03. The maximum absolute atomic E-state index is 9.22. The van der Waals surface area contributed by atoms with Crippen LogP contribution in [0.2, 0.25) is 0 Å². The molecule has 0 aromatic carbocycles. The van der Waals surface area contributed by atoms with E-state index in [9.17, 15) is 5.26 Å². The minimum absolute atomic E-state index is 0.376. The monoisotopic (exact) mass is 245 g/mol. The lowest BCUT2D eigenvalue weighted by atomic mass is 9.96. The Bertz CT molecular complexity index is 474. The van der Waals surface area contributed by atoms with Crippen molar-refractivity contribution in [3.63, 3.8) is 0 Å². The number of nitrogens with zero attached hydrogens (tertiary/aromatic N) is 3. The van der Waals surface area contributed by atoms with Gasteiger partial charge in [0.05, 0.1) is 6.04 Å². The van der Waals surface area contributed by atoms with Crippen molar-refractivity contribution in [1.82, 2.24) is 9.78 Å².